The fourth-order valence-corrected chi connectivity index (χ4v) is 5.86. The Morgan fingerprint density at radius 2 is 1.93 bits per heavy atom. The van der Waals surface area contributed by atoms with Crippen LogP contribution in [-0.4, -0.2) is 55.2 Å². The van der Waals surface area contributed by atoms with Crippen molar-refractivity contribution in [3.8, 4) is 22.8 Å². The number of carbonyl (C=O) groups excluding carboxylic acids is 1. The number of carbonyl (C=O) groups is 1. The van der Waals surface area contributed by atoms with Gasteiger partial charge in [0.05, 0.1) is 11.4 Å². The SMILES string of the molecule is CC(=CC(C)(C)NC(C)C)C(=O)N1CCC[C@@H](n2nc(-c3ccc(Oc4cccc(F)c4F)cc3F)c3c(N)ncnc32)C1. The smallest absolute Gasteiger partial charge is 0.249 e. The highest BCUT2D eigenvalue weighted by molar-refractivity contribution is 5.98. The number of hydrogen-bond acceptors (Lipinski definition) is 7. The van der Waals surface area contributed by atoms with Gasteiger partial charge in [0.1, 0.15) is 29.4 Å². The number of anilines is 1. The fraction of sp³-hybridized carbons (Fsp3) is 0.375. The first-order chi connectivity index (χ1) is 20.8. The first-order valence-electron chi connectivity index (χ1n) is 14.5. The van der Waals surface area contributed by atoms with Crippen LogP contribution in [0.3, 0.4) is 0 Å². The molecule has 9 nitrogen and oxygen atoms in total. The highest BCUT2D eigenvalue weighted by Crippen LogP contribution is 2.37. The second kappa shape index (κ2) is 12.3. The number of benzene rings is 2. The van der Waals surface area contributed by atoms with E-state index in [1.807, 2.05) is 26.8 Å². The van der Waals surface area contributed by atoms with E-state index in [1.54, 1.807) is 9.58 Å². The number of hydrogen-bond donors (Lipinski definition) is 2. The van der Waals surface area contributed by atoms with Crippen LogP contribution in [0.1, 0.15) is 53.5 Å². The second-order valence-corrected chi connectivity index (χ2v) is 11.9. The van der Waals surface area contributed by atoms with Crippen molar-refractivity contribution in [2.75, 3.05) is 18.8 Å². The minimum absolute atomic E-state index is 0.0275. The van der Waals surface area contributed by atoms with Crippen molar-refractivity contribution in [1.29, 1.82) is 0 Å². The van der Waals surface area contributed by atoms with Gasteiger partial charge in [-0.3, -0.25) is 4.79 Å². The Morgan fingerprint density at radius 1 is 1.16 bits per heavy atom. The van der Waals surface area contributed by atoms with Crippen molar-refractivity contribution >= 4 is 22.8 Å². The van der Waals surface area contributed by atoms with Gasteiger partial charge in [0.2, 0.25) is 11.7 Å². The lowest BCUT2D eigenvalue weighted by molar-refractivity contribution is -0.128. The molecule has 4 aromatic rings. The molecule has 3 N–H and O–H groups in total. The normalized spacial score (nSPS) is 16.2. The number of piperidine rings is 1. The zero-order valence-electron chi connectivity index (χ0n) is 25.4. The molecule has 44 heavy (non-hydrogen) atoms. The topological polar surface area (TPSA) is 111 Å². The number of nitrogens with two attached hydrogens (primary N) is 1. The van der Waals surface area contributed by atoms with E-state index in [1.165, 1.54) is 30.6 Å². The predicted octanol–water partition coefficient (Wildman–Crippen LogP) is 6.17. The molecule has 1 saturated heterocycles. The van der Waals surface area contributed by atoms with Crippen LogP contribution in [0.2, 0.25) is 0 Å². The van der Waals surface area contributed by atoms with E-state index in [0.29, 0.717) is 29.7 Å². The fourth-order valence-electron chi connectivity index (χ4n) is 5.86. The van der Waals surface area contributed by atoms with Gasteiger partial charge in [0.25, 0.3) is 0 Å². The van der Waals surface area contributed by atoms with Gasteiger partial charge in [-0.1, -0.05) is 26.0 Å². The van der Waals surface area contributed by atoms with E-state index in [0.717, 1.165) is 25.0 Å². The number of likely N-dealkylation sites (tertiary alicyclic amines) is 1. The Labute approximate surface area is 253 Å². The third kappa shape index (κ3) is 6.40. The van der Waals surface area contributed by atoms with Crippen LogP contribution in [0.25, 0.3) is 22.3 Å². The molecule has 1 aliphatic heterocycles. The van der Waals surface area contributed by atoms with Gasteiger partial charge in [0, 0.05) is 41.9 Å². The maximum Gasteiger partial charge on any atom is 0.249 e. The lowest BCUT2D eigenvalue weighted by Gasteiger charge is -2.34. The molecule has 2 aromatic heterocycles. The number of nitrogens with zero attached hydrogens (tertiary/aromatic N) is 5. The molecule has 0 unspecified atom stereocenters. The van der Waals surface area contributed by atoms with Crippen molar-refractivity contribution in [3.63, 3.8) is 0 Å². The van der Waals surface area contributed by atoms with Gasteiger partial charge in [-0.15, -0.1) is 0 Å². The van der Waals surface area contributed by atoms with Crippen LogP contribution in [-0.2, 0) is 4.79 Å². The van der Waals surface area contributed by atoms with E-state index < -0.39 is 17.5 Å². The third-order valence-corrected chi connectivity index (χ3v) is 7.46. The number of fused-ring (bicyclic) bond motifs is 1. The maximum absolute atomic E-state index is 15.6. The zero-order chi connectivity index (χ0) is 31.8. The van der Waals surface area contributed by atoms with Crippen LogP contribution >= 0.6 is 0 Å². The molecule has 12 heteroatoms. The van der Waals surface area contributed by atoms with Crippen LogP contribution in [0.15, 0.2) is 54.4 Å². The Morgan fingerprint density at radius 3 is 2.66 bits per heavy atom. The van der Waals surface area contributed by atoms with Crippen molar-refractivity contribution in [1.82, 2.24) is 30.0 Å². The minimum atomic E-state index is -1.17. The second-order valence-electron chi connectivity index (χ2n) is 11.9. The van der Waals surface area contributed by atoms with Crippen LogP contribution in [0.4, 0.5) is 19.0 Å². The highest BCUT2D eigenvalue weighted by atomic mass is 19.2. The summed E-state index contributed by atoms with van der Waals surface area (Å²) in [5.41, 5.74) is 7.28. The van der Waals surface area contributed by atoms with E-state index in [4.69, 9.17) is 15.6 Å². The largest absolute Gasteiger partial charge is 0.454 e. The molecular formula is C32H36F3N7O2. The van der Waals surface area contributed by atoms with Gasteiger partial charge < -0.3 is 20.7 Å². The van der Waals surface area contributed by atoms with E-state index in [-0.39, 0.29) is 52.1 Å². The average molecular weight is 608 g/mol. The first-order valence-corrected chi connectivity index (χ1v) is 14.5. The number of halogens is 3. The number of nitrogen functional groups attached to an aromatic ring is 1. The zero-order valence-corrected chi connectivity index (χ0v) is 25.4. The molecule has 0 bridgehead atoms. The molecule has 0 saturated carbocycles. The van der Waals surface area contributed by atoms with E-state index in [9.17, 15) is 13.6 Å². The summed E-state index contributed by atoms with van der Waals surface area (Å²) in [7, 11) is 0. The maximum atomic E-state index is 15.6. The standard InChI is InChI=1S/C32H36F3N7O2/c1-18(2)39-32(4,5)15-19(3)31(43)41-13-7-8-20(16-41)42-30-26(29(36)37-17-38-30)28(40-42)22-12-11-21(14-24(22)34)44-25-10-6-9-23(33)27(25)35/h6,9-12,14-15,17-18,20,39H,7-8,13,16H2,1-5H3,(H2,36,37,38)/t20-/m1/s1. The van der Waals surface area contributed by atoms with Crippen LogP contribution in [0.5, 0.6) is 11.5 Å². The van der Waals surface area contributed by atoms with E-state index in [2.05, 4.69) is 29.1 Å². The number of ether oxygens (including phenoxy) is 1. The molecule has 3 heterocycles. The van der Waals surface area contributed by atoms with Gasteiger partial charge in [0.15, 0.2) is 17.2 Å². The number of amides is 1. The molecule has 232 valence electrons. The van der Waals surface area contributed by atoms with Gasteiger partial charge in [-0.2, -0.15) is 9.49 Å². The third-order valence-electron chi connectivity index (χ3n) is 7.46. The predicted molar refractivity (Wildman–Crippen MR) is 163 cm³/mol. The summed E-state index contributed by atoms with van der Waals surface area (Å²) in [5.74, 6) is -3.30. The summed E-state index contributed by atoms with van der Waals surface area (Å²) in [4.78, 5) is 23.8. The number of aromatic nitrogens is 4. The summed E-state index contributed by atoms with van der Waals surface area (Å²) in [6.07, 6.45) is 4.74. The highest BCUT2D eigenvalue weighted by Gasteiger charge is 2.30. The van der Waals surface area contributed by atoms with Crippen LogP contribution < -0.4 is 15.8 Å². The molecule has 2 aromatic carbocycles. The van der Waals surface area contributed by atoms with Crippen molar-refractivity contribution in [2.45, 2.75) is 65.1 Å². The molecular weight excluding hydrogens is 571 g/mol. The number of rotatable bonds is 8. The number of nitrogens with one attached hydrogen (secondary N) is 1. The summed E-state index contributed by atoms with van der Waals surface area (Å²) in [6, 6.07) is 7.44. The summed E-state index contributed by atoms with van der Waals surface area (Å²) in [6.45, 7) is 11.0. The molecule has 0 spiro atoms. The van der Waals surface area contributed by atoms with E-state index >= 15 is 4.39 Å². The summed E-state index contributed by atoms with van der Waals surface area (Å²) in [5, 5.41) is 8.58. The average Bonchev–Trinajstić information content (AvgIpc) is 3.35. The van der Waals surface area contributed by atoms with Crippen molar-refractivity contribution in [3.05, 3.63) is 71.8 Å². The lowest BCUT2D eigenvalue weighted by Crippen LogP contribution is -2.44. The lowest BCUT2D eigenvalue weighted by atomic mass is 9.99. The minimum Gasteiger partial charge on any atom is -0.454 e. The monoisotopic (exact) mass is 607 g/mol. The van der Waals surface area contributed by atoms with Crippen LogP contribution in [0, 0.1) is 17.5 Å². The van der Waals surface area contributed by atoms with Crippen molar-refractivity contribution < 1.29 is 22.7 Å². The Balaban J connectivity index is 1.45. The summed E-state index contributed by atoms with van der Waals surface area (Å²) >= 11 is 0. The Bertz CT molecular complexity index is 1730. The van der Waals surface area contributed by atoms with Gasteiger partial charge in [-0.25, -0.2) is 23.4 Å². The molecule has 1 atom stereocenters. The molecule has 1 fully saturated rings. The molecule has 5 rings (SSSR count). The summed E-state index contributed by atoms with van der Waals surface area (Å²) < 4.78 is 50.4. The Kier molecular flexibility index (Phi) is 8.64. The van der Waals surface area contributed by atoms with Crippen molar-refractivity contribution in [2.24, 2.45) is 0 Å². The molecule has 0 aliphatic carbocycles. The molecule has 0 radical (unpaired) electrons. The quantitative estimate of drug-likeness (QED) is 0.231. The van der Waals surface area contributed by atoms with Gasteiger partial charge >= 0.3 is 0 Å². The Hall–Kier alpha value is -4.45. The molecule has 1 aliphatic rings. The molecule has 1 amide bonds. The van der Waals surface area contributed by atoms with Gasteiger partial charge in [-0.05, 0) is 57.9 Å². The first kappa shape index (κ1) is 31.0.